The monoisotopic (exact) mass is 375 g/mol. The summed E-state index contributed by atoms with van der Waals surface area (Å²) in [7, 11) is 0. The van der Waals surface area contributed by atoms with Crippen molar-refractivity contribution in [3.05, 3.63) is 12.7 Å². The van der Waals surface area contributed by atoms with Crippen LogP contribution in [0.5, 0.6) is 0 Å². The third-order valence-corrected chi connectivity index (χ3v) is 8.30. The molecule has 3 unspecified atom stereocenters. The van der Waals surface area contributed by atoms with Gasteiger partial charge < -0.3 is 9.47 Å². The lowest BCUT2D eigenvalue weighted by Gasteiger charge is -2.39. The molecule has 1 saturated heterocycles. The Morgan fingerprint density at radius 2 is 1.96 bits per heavy atom. The Kier molecular flexibility index (Phi) is 5.30. The molecule has 4 aliphatic rings. The number of hydrogen-bond donors (Lipinski definition) is 0. The summed E-state index contributed by atoms with van der Waals surface area (Å²) < 4.78 is 12.1. The van der Waals surface area contributed by atoms with Crippen LogP contribution in [-0.2, 0) is 9.47 Å². The van der Waals surface area contributed by atoms with Crippen LogP contribution in [-0.4, -0.2) is 42.4 Å². The summed E-state index contributed by atoms with van der Waals surface area (Å²) in [5.74, 6) is 3.22. The van der Waals surface area contributed by atoms with Crippen LogP contribution in [0, 0.1) is 29.1 Å². The fourth-order valence-corrected chi connectivity index (χ4v) is 5.98. The molecular weight excluding hydrogens is 338 g/mol. The van der Waals surface area contributed by atoms with Gasteiger partial charge in [-0.2, -0.15) is 0 Å². The fourth-order valence-electron chi connectivity index (χ4n) is 5.98. The maximum atomic E-state index is 12.9. The van der Waals surface area contributed by atoms with Crippen molar-refractivity contribution in [1.29, 1.82) is 0 Å². The van der Waals surface area contributed by atoms with Crippen molar-refractivity contribution in [2.45, 2.75) is 83.9 Å². The van der Waals surface area contributed by atoms with Crippen LogP contribution in [0.4, 0.5) is 4.79 Å². The summed E-state index contributed by atoms with van der Waals surface area (Å²) in [6, 6.07) is 0.365. The number of fused-ring (bicyclic) bond motifs is 1. The van der Waals surface area contributed by atoms with Gasteiger partial charge in [0.25, 0.3) is 0 Å². The summed E-state index contributed by atoms with van der Waals surface area (Å²) in [6.45, 7) is 11.8. The highest BCUT2D eigenvalue weighted by molar-refractivity contribution is 5.69. The molecule has 3 saturated carbocycles. The van der Waals surface area contributed by atoms with Gasteiger partial charge in [-0.05, 0) is 69.1 Å². The van der Waals surface area contributed by atoms with E-state index in [1.165, 1.54) is 25.7 Å². The minimum Gasteiger partial charge on any atom is -0.448 e. The predicted molar refractivity (Wildman–Crippen MR) is 106 cm³/mol. The number of hydrogen-bond acceptors (Lipinski definition) is 3. The second-order valence-electron chi connectivity index (χ2n) is 9.97. The summed E-state index contributed by atoms with van der Waals surface area (Å²) in [4.78, 5) is 14.8. The zero-order valence-electron chi connectivity index (χ0n) is 17.4. The fraction of sp³-hybridized carbons (Fsp3) is 0.870. The number of carbonyl (C=O) groups excluding carboxylic acids is 1. The van der Waals surface area contributed by atoms with Crippen LogP contribution >= 0.6 is 0 Å². The van der Waals surface area contributed by atoms with Crippen LogP contribution in [0.1, 0.15) is 65.7 Å². The highest BCUT2D eigenvalue weighted by Gasteiger charge is 2.50. The van der Waals surface area contributed by atoms with Crippen LogP contribution in [0.2, 0.25) is 0 Å². The molecule has 0 bridgehead atoms. The lowest BCUT2D eigenvalue weighted by Crippen LogP contribution is -2.46. The zero-order valence-corrected chi connectivity index (χ0v) is 17.4. The Morgan fingerprint density at radius 1 is 1.19 bits per heavy atom. The lowest BCUT2D eigenvalue weighted by atomic mass is 9.70. The van der Waals surface area contributed by atoms with E-state index < -0.39 is 0 Å². The van der Waals surface area contributed by atoms with E-state index in [0.29, 0.717) is 25.2 Å². The average molecular weight is 376 g/mol. The summed E-state index contributed by atoms with van der Waals surface area (Å²) in [5, 5.41) is 0. The van der Waals surface area contributed by atoms with Crippen molar-refractivity contribution in [2.75, 3.05) is 13.2 Å². The summed E-state index contributed by atoms with van der Waals surface area (Å²) in [6.07, 6.45) is 10.3. The van der Waals surface area contributed by atoms with Gasteiger partial charge in [0.2, 0.25) is 0 Å². The molecule has 4 heteroatoms. The number of rotatable bonds is 6. The lowest BCUT2D eigenvalue weighted by molar-refractivity contribution is -0.0188. The number of carbonyl (C=O) groups is 1. The Labute approximate surface area is 164 Å². The molecule has 0 aromatic carbocycles. The molecule has 1 amide bonds. The maximum absolute atomic E-state index is 12.9. The first-order valence-electron chi connectivity index (χ1n) is 11.1. The molecule has 1 aliphatic heterocycles. The number of nitrogens with zero attached hydrogens (tertiary/aromatic N) is 1. The van der Waals surface area contributed by atoms with E-state index in [2.05, 4.69) is 27.4 Å². The van der Waals surface area contributed by atoms with Crippen molar-refractivity contribution in [3.63, 3.8) is 0 Å². The minimum atomic E-state index is -0.159. The Balaban J connectivity index is 1.31. The highest BCUT2D eigenvalue weighted by Crippen LogP contribution is 2.55. The van der Waals surface area contributed by atoms with Gasteiger partial charge in [-0.15, -0.1) is 6.58 Å². The molecule has 0 aromatic rings. The molecule has 0 radical (unpaired) electrons. The first-order chi connectivity index (χ1) is 12.9. The Hall–Kier alpha value is -1.03. The second-order valence-corrected chi connectivity index (χ2v) is 9.97. The molecule has 27 heavy (non-hydrogen) atoms. The van der Waals surface area contributed by atoms with E-state index >= 15 is 0 Å². The molecule has 0 aromatic heterocycles. The van der Waals surface area contributed by atoms with E-state index in [0.717, 1.165) is 37.0 Å². The third kappa shape index (κ3) is 3.66. The first kappa shape index (κ1) is 19.3. The van der Waals surface area contributed by atoms with E-state index in [4.69, 9.17) is 9.47 Å². The normalized spacial score (nSPS) is 42.2. The first-order valence-corrected chi connectivity index (χ1v) is 11.1. The topological polar surface area (TPSA) is 38.8 Å². The molecule has 4 fully saturated rings. The predicted octanol–water partition coefficient (Wildman–Crippen LogP) is 5.03. The highest BCUT2D eigenvalue weighted by atomic mass is 16.6. The summed E-state index contributed by atoms with van der Waals surface area (Å²) in [5.41, 5.74) is 0.0236. The van der Waals surface area contributed by atoms with E-state index in [-0.39, 0.29) is 23.6 Å². The van der Waals surface area contributed by atoms with Gasteiger partial charge in [-0.3, -0.25) is 4.90 Å². The van der Waals surface area contributed by atoms with E-state index in [9.17, 15) is 4.79 Å². The van der Waals surface area contributed by atoms with Crippen molar-refractivity contribution < 1.29 is 14.3 Å². The van der Waals surface area contributed by atoms with Crippen LogP contribution in [0.25, 0.3) is 0 Å². The second kappa shape index (κ2) is 7.42. The molecular formula is C23H37NO3. The van der Waals surface area contributed by atoms with Gasteiger partial charge in [0.1, 0.15) is 6.61 Å². The zero-order chi connectivity index (χ0) is 19.2. The van der Waals surface area contributed by atoms with Crippen LogP contribution < -0.4 is 0 Å². The number of ether oxygens (including phenoxy) is 2. The molecule has 4 nitrogen and oxygen atoms in total. The van der Waals surface area contributed by atoms with Crippen LogP contribution in [0.3, 0.4) is 0 Å². The standard InChI is InChI=1S/C23H37NO3/c1-5-23(9-6-10-23)14-27-22(25)24-16(3)11-15(2)21(24)13-26-18-7-8-19-17(4)20(19)12-18/h5,15-21H,1,6-14H2,2-4H3/t15-,16+,17?,18-,19?,20?,21-/m0/s1. The largest absolute Gasteiger partial charge is 0.448 e. The molecule has 0 N–H and O–H groups in total. The van der Waals surface area contributed by atoms with Crippen molar-refractivity contribution in [2.24, 2.45) is 29.1 Å². The smallest absolute Gasteiger partial charge is 0.410 e. The van der Waals surface area contributed by atoms with Crippen molar-refractivity contribution in [3.8, 4) is 0 Å². The van der Waals surface area contributed by atoms with Crippen molar-refractivity contribution in [1.82, 2.24) is 4.90 Å². The molecule has 0 spiro atoms. The van der Waals surface area contributed by atoms with Gasteiger partial charge in [0, 0.05) is 11.5 Å². The molecule has 4 rings (SSSR count). The van der Waals surface area contributed by atoms with Gasteiger partial charge >= 0.3 is 6.09 Å². The quantitative estimate of drug-likeness (QED) is 0.611. The molecule has 1 heterocycles. The number of amides is 1. The summed E-state index contributed by atoms with van der Waals surface area (Å²) >= 11 is 0. The molecule has 152 valence electrons. The van der Waals surface area contributed by atoms with Gasteiger partial charge in [0.15, 0.2) is 0 Å². The SMILES string of the molecule is C=CC1(COC(=O)N2[C@H](C)C[C@H](C)[C@@H]2CO[C@H]2CCC3C(C)C3C2)CCC1. The molecule has 3 aliphatic carbocycles. The maximum Gasteiger partial charge on any atom is 0.410 e. The van der Waals surface area contributed by atoms with E-state index in [1.54, 1.807) is 0 Å². The Bertz CT molecular complexity index is 572. The van der Waals surface area contributed by atoms with E-state index in [1.807, 2.05) is 11.0 Å². The molecule has 7 atom stereocenters. The average Bonchev–Trinajstić information content (AvgIpc) is 3.16. The van der Waals surface area contributed by atoms with Gasteiger partial charge in [-0.25, -0.2) is 4.79 Å². The Morgan fingerprint density at radius 3 is 2.59 bits per heavy atom. The van der Waals surface area contributed by atoms with Gasteiger partial charge in [0.05, 0.1) is 18.8 Å². The van der Waals surface area contributed by atoms with Crippen molar-refractivity contribution >= 4 is 6.09 Å². The van der Waals surface area contributed by atoms with Crippen LogP contribution in [0.15, 0.2) is 12.7 Å². The third-order valence-electron chi connectivity index (χ3n) is 8.30. The minimum absolute atomic E-state index is 0.0236. The van der Waals surface area contributed by atoms with Gasteiger partial charge in [-0.1, -0.05) is 26.3 Å². The number of likely N-dealkylation sites (tertiary alicyclic amines) is 1.